The Hall–Kier alpha value is -1.46. The minimum absolute atomic E-state index is 0.0112. The molecule has 11 heteroatoms. The Balaban J connectivity index is 1.67. The molecule has 0 radical (unpaired) electrons. The van der Waals surface area contributed by atoms with E-state index in [4.69, 9.17) is 15.5 Å². The van der Waals surface area contributed by atoms with E-state index in [1.165, 1.54) is 11.4 Å². The third kappa shape index (κ3) is 4.16. The van der Waals surface area contributed by atoms with Crippen LogP contribution in [0.1, 0.15) is 44.5 Å². The summed E-state index contributed by atoms with van der Waals surface area (Å²) in [5.74, 6) is 1.18. The van der Waals surface area contributed by atoms with Crippen molar-refractivity contribution in [3.8, 4) is 5.18 Å². The lowest BCUT2D eigenvalue weighted by molar-refractivity contribution is 0.100. The van der Waals surface area contributed by atoms with E-state index < -0.39 is 10.0 Å². The van der Waals surface area contributed by atoms with Crippen molar-refractivity contribution in [1.29, 1.82) is 0 Å². The molecule has 9 nitrogen and oxygen atoms in total. The summed E-state index contributed by atoms with van der Waals surface area (Å²) in [4.78, 5) is 4.89. The van der Waals surface area contributed by atoms with Crippen LogP contribution >= 0.6 is 11.4 Å². The first-order chi connectivity index (χ1) is 14.4. The highest BCUT2D eigenvalue weighted by atomic mass is 32.2. The number of nitrogens with two attached hydrogens (primary N) is 1. The molecule has 0 spiro atoms. The number of hydrogen-bond acceptors (Lipinski definition) is 7. The lowest BCUT2D eigenvalue weighted by Gasteiger charge is -2.33. The quantitative estimate of drug-likeness (QED) is 0.346. The maximum atomic E-state index is 12.5. The van der Waals surface area contributed by atoms with Gasteiger partial charge in [0.05, 0.1) is 16.7 Å². The number of aryl methyl sites for hydroxylation is 1. The third-order valence-electron chi connectivity index (χ3n) is 5.88. The number of nitrogens with zero attached hydrogens (tertiary/aromatic N) is 3. The Kier molecular flexibility index (Phi) is 6.50. The largest absolute Gasteiger partial charge is 0.369 e. The Labute approximate surface area is 181 Å². The number of methoxy groups -OCH3 is 1. The van der Waals surface area contributed by atoms with Gasteiger partial charge in [0.15, 0.2) is 0 Å². The molecule has 2 atom stereocenters. The molecule has 3 aliphatic heterocycles. The Bertz CT molecular complexity index is 1080. The van der Waals surface area contributed by atoms with E-state index in [2.05, 4.69) is 19.8 Å². The van der Waals surface area contributed by atoms with Crippen LogP contribution < -0.4 is 26.5 Å². The fourth-order valence-electron chi connectivity index (χ4n) is 4.32. The summed E-state index contributed by atoms with van der Waals surface area (Å²) < 4.78 is 37.4. The second kappa shape index (κ2) is 8.96. The zero-order chi connectivity index (χ0) is 21.3. The van der Waals surface area contributed by atoms with E-state index in [-0.39, 0.29) is 24.2 Å². The van der Waals surface area contributed by atoms with Crippen molar-refractivity contribution in [2.24, 2.45) is 5.73 Å². The van der Waals surface area contributed by atoms with Crippen molar-refractivity contribution < 1.29 is 13.2 Å². The monoisotopic (exact) mass is 454 g/mol. The lowest BCUT2D eigenvalue weighted by Crippen LogP contribution is -2.49. The summed E-state index contributed by atoms with van der Waals surface area (Å²) in [6, 6.07) is 0.190. The molecule has 0 saturated carbocycles. The molecular formula is C19H30N6O3S2. The molecule has 3 aliphatic rings. The van der Waals surface area contributed by atoms with Gasteiger partial charge in [-0.3, -0.25) is 0 Å². The second-order valence-electron chi connectivity index (χ2n) is 7.87. The van der Waals surface area contributed by atoms with Crippen LogP contribution in [0.3, 0.4) is 0 Å². The van der Waals surface area contributed by atoms with Crippen molar-refractivity contribution in [1.82, 2.24) is 23.9 Å². The first-order valence-electron chi connectivity index (χ1n) is 10.5. The van der Waals surface area contributed by atoms with Crippen LogP contribution in [0.4, 0.5) is 0 Å². The van der Waals surface area contributed by atoms with Gasteiger partial charge in [-0.05, 0) is 42.2 Å². The molecule has 166 valence electrons. The highest BCUT2D eigenvalue weighted by molar-refractivity contribution is 7.89. The van der Waals surface area contributed by atoms with Crippen molar-refractivity contribution in [2.75, 3.05) is 26.0 Å². The Morgan fingerprint density at radius 2 is 2.20 bits per heavy atom. The predicted molar refractivity (Wildman–Crippen MR) is 118 cm³/mol. The summed E-state index contributed by atoms with van der Waals surface area (Å²) in [7, 11) is -1.55. The summed E-state index contributed by atoms with van der Waals surface area (Å²) in [6.07, 6.45) is 5.16. The number of piperidine rings is 1. The molecule has 30 heavy (non-hydrogen) atoms. The van der Waals surface area contributed by atoms with Gasteiger partial charge in [-0.15, -0.1) is 0 Å². The lowest BCUT2D eigenvalue weighted by atomic mass is 10.0. The number of ether oxygens (including phenoxy) is 1. The molecule has 2 unspecified atom stereocenters. The number of imidazole rings is 1. The molecule has 4 heterocycles. The first-order valence-corrected chi connectivity index (χ1v) is 12.9. The molecule has 1 fully saturated rings. The topological polar surface area (TPSA) is 115 Å². The first kappa shape index (κ1) is 21.8. The molecule has 0 amide bonds. The maximum Gasteiger partial charge on any atom is 0.214 e. The normalized spacial score (nSPS) is 22.8. The molecule has 4 rings (SSSR count). The summed E-state index contributed by atoms with van der Waals surface area (Å²) in [5.41, 5.74) is 7.03. The third-order valence-corrected chi connectivity index (χ3v) is 8.63. The van der Waals surface area contributed by atoms with Crippen LogP contribution in [-0.2, 0) is 21.2 Å². The molecule has 4 N–H and O–H groups in total. The van der Waals surface area contributed by atoms with Gasteiger partial charge in [0.1, 0.15) is 23.6 Å². The predicted octanol–water partition coefficient (Wildman–Crippen LogP) is -0.848. The number of rotatable bonds is 8. The number of aromatic nitrogens is 2. The van der Waals surface area contributed by atoms with Gasteiger partial charge in [-0.25, -0.2) is 22.4 Å². The maximum absolute atomic E-state index is 12.5. The van der Waals surface area contributed by atoms with E-state index in [1.54, 1.807) is 11.4 Å². The van der Waals surface area contributed by atoms with Crippen LogP contribution in [0, 0.1) is 5.18 Å². The smallest absolute Gasteiger partial charge is 0.214 e. The summed E-state index contributed by atoms with van der Waals surface area (Å²) in [6.45, 7) is 2.98. The average Bonchev–Trinajstić information content (AvgIpc) is 3.35. The van der Waals surface area contributed by atoms with Crippen molar-refractivity contribution in [3.05, 3.63) is 16.5 Å². The molecule has 1 aromatic rings. The standard InChI is InChI=1S/C19H30N6O3S2/c1-3-10-30(26,27)24-8-6-13(7-9-24)25-17(5-4-16(20)28-2)22-15-11-21-19-14(18(15)25)12-29-23-19/h11,13,16,19,21,23H,3-10,20H2,1-2H3. The van der Waals surface area contributed by atoms with Crippen molar-refractivity contribution in [3.63, 3.8) is 0 Å². The Morgan fingerprint density at radius 3 is 2.90 bits per heavy atom. The van der Waals surface area contributed by atoms with Crippen LogP contribution in [0.2, 0.25) is 0 Å². The van der Waals surface area contributed by atoms with Crippen molar-refractivity contribution >= 4 is 33.2 Å². The highest BCUT2D eigenvalue weighted by Crippen LogP contribution is 2.25. The fourth-order valence-corrected chi connectivity index (χ4v) is 6.55. The van der Waals surface area contributed by atoms with E-state index in [0.29, 0.717) is 32.4 Å². The van der Waals surface area contributed by atoms with Crippen LogP contribution in [0.5, 0.6) is 0 Å². The summed E-state index contributed by atoms with van der Waals surface area (Å²) in [5, 5.41) is 8.66. The van der Waals surface area contributed by atoms with Gasteiger partial charge in [0.25, 0.3) is 0 Å². The minimum Gasteiger partial charge on any atom is -0.369 e. The molecule has 1 saturated heterocycles. The number of hydrogen-bond donors (Lipinski definition) is 3. The number of sulfonamides is 1. The fraction of sp³-hybridized carbons (Fsp3) is 0.684. The van der Waals surface area contributed by atoms with Gasteiger partial charge >= 0.3 is 0 Å². The molecular weight excluding hydrogens is 424 g/mol. The van der Waals surface area contributed by atoms with Gasteiger partial charge in [0.2, 0.25) is 10.0 Å². The van der Waals surface area contributed by atoms with Gasteiger partial charge in [-0.1, -0.05) is 6.92 Å². The van der Waals surface area contributed by atoms with E-state index in [9.17, 15) is 8.42 Å². The average molecular weight is 455 g/mol. The zero-order valence-electron chi connectivity index (χ0n) is 17.4. The van der Waals surface area contributed by atoms with Gasteiger partial charge in [-0.2, -0.15) is 0 Å². The molecule has 1 aromatic heterocycles. The van der Waals surface area contributed by atoms with Crippen LogP contribution in [0.15, 0.2) is 0 Å². The second-order valence-corrected chi connectivity index (χ2v) is 10.6. The zero-order valence-corrected chi connectivity index (χ0v) is 19.1. The number of fused-ring (bicyclic) bond motifs is 2. The molecule has 0 bridgehead atoms. The van der Waals surface area contributed by atoms with E-state index in [0.717, 1.165) is 34.9 Å². The molecule has 0 aromatic carbocycles. The van der Waals surface area contributed by atoms with Gasteiger partial charge < -0.3 is 20.4 Å². The minimum atomic E-state index is -3.16. The van der Waals surface area contributed by atoms with E-state index in [1.807, 2.05) is 13.1 Å². The van der Waals surface area contributed by atoms with E-state index >= 15 is 0 Å². The summed E-state index contributed by atoms with van der Waals surface area (Å²) >= 11 is 1.45. The highest BCUT2D eigenvalue weighted by Gasteiger charge is 2.31. The van der Waals surface area contributed by atoms with Gasteiger partial charge in [0, 0.05) is 38.9 Å². The SMILES string of the molecule is CCCS(=O)(=O)N1CCC(n2c(CCC(N)OC)nc3c2=C2C#SNC2NC=3)CC1. The van der Waals surface area contributed by atoms with Crippen molar-refractivity contribution in [2.45, 2.75) is 57.5 Å². The van der Waals surface area contributed by atoms with Crippen LogP contribution in [-0.4, -0.2) is 60.6 Å². The molecule has 0 aliphatic carbocycles. The Morgan fingerprint density at radius 1 is 1.43 bits per heavy atom. The van der Waals surface area contributed by atoms with Crippen LogP contribution in [0.25, 0.3) is 11.8 Å². The number of nitrogens with one attached hydrogen (secondary N) is 2.